The number of carbonyl (C=O) groups is 2. The number of hydrogen-bond acceptors (Lipinski definition) is 2. The van der Waals surface area contributed by atoms with Crippen molar-refractivity contribution in [3.63, 3.8) is 0 Å². The molecule has 1 aliphatic rings. The molecule has 3 nitrogen and oxygen atoms in total. The third-order valence-corrected chi connectivity index (χ3v) is 3.60. The van der Waals surface area contributed by atoms with E-state index in [0.717, 1.165) is 5.57 Å². The second kappa shape index (κ2) is 4.92. The highest BCUT2D eigenvalue weighted by atomic mass is 35.5. The van der Waals surface area contributed by atoms with Crippen LogP contribution in [0, 0.1) is 0 Å². The molecule has 0 aliphatic carbocycles. The number of nitrogens with zero attached hydrogens (tertiary/aromatic N) is 1. The van der Waals surface area contributed by atoms with Crippen molar-refractivity contribution in [2.75, 3.05) is 11.4 Å². The first-order chi connectivity index (χ1) is 8.47. The number of anilines is 1. The van der Waals surface area contributed by atoms with Gasteiger partial charge in [0.2, 0.25) is 0 Å². The van der Waals surface area contributed by atoms with Crippen molar-refractivity contribution in [3.05, 3.63) is 38.8 Å². The average molecular weight is 305 g/mol. The van der Waals surface area contributed by atoms with Crippen LogP contribution in [0.4, 0.5) is 5.69 Å². The van der Waals surface area contributed by atoms with Crippen LogP contribution in [0.5, 0.6) is 0 Å². The van der Waals surface area contributed by atoms with Crippen LogP contribution in [0.15, 0.2) is 23.2 Å². The minimum atomic E-state index is -0.641. The molecule has 6 heteroatoms. The van der Waals surface area contributed by atoms with Crippen LogP contribution in [0.3, 0.4) is 0 Å². The van der Waals surface area contributed by atoms with E-state index in [0.29, 0.717) is 10.7 Å². The van der Waals surface area contributed by atoms with Gasteiger partial charge in [-0.05, 0) is 24.6 Å². The molecule has 0 radical (unpaired) electrons. The number of hydrogen-bond donors (Lipinski definition) is 0. The fourth-order valence-corrected chi connectivity index (χ4v) is 2.35. The van der Waals surface area contributed by atoms with Crippen molar-refractivity contribution in [3.8, 4) is 0 Å². The SMILES string of the molecule is C/C(=C/Cl)CN1C(=O)C(=O)c2c(Cl)ccc(Cl)c21. The summed E-state index contributed by atoms with van der Waals surface area (Å²) >= 11 is 17.5. The predicted octanol–water partition coefficient (Wildman–Crippen LogP) is 3.67. The van der Waals surface area contributed by atoms with Gasteiger partial charge in [-0.15, -0.1) is 0 Å². The van der Waals surface area contributed by atoms with Gasteiger partial charge in [-0.3, -0.25) is 14.5 Å². The lowest BCUT2D eigenvalue weighted by atomic mass is 10.1. The number of rotatable bonds is 2. The fourth-order valence-electron chi connectivity index (χ4n) is 1.79. The summed E-state index contributed by atoms with van der Waals surface area (Å²) in [7, 11) is 0. The van der Waals surface area contributed by atoms with E-state index >= 15 is 0 Å². The van der Waals surface area contributed by atoms with Gasteiger partial charge in [0.15, 0.2) is 0 Å². The van der Waals surface area contributed by atoms with E-state index in [2.05, 4.69) is 0 Å². The van der Waals surface area contributed by atoms with Crippen molar-refractivity contribution >= 4 is 52.2 Å². The molecular weight excluding hydrogens is 296 g/mol. The van der Waals surface area contributed by atoms with Crippen molar-refractivity contribution in [2.24, 2.45) is 0 Å². The number of benzene rings is 1. The molecule has 0 saturated carbocycles. The van der Waals surface area contributed by atoms with Gasteiger partial charge in [0.05, 0.1) is 21.3 Å². The van der Waals surface area contributed by atoms with Crippen LogP contribution in [-0.2, 0) is 4.79 Å². The van der Waals surface area contributed by atoms with Crippen LogP contribution in [0.1, 0.15) is 17.3 Å². The molecule has 0 bridgehead atoms. The number of halogens is 3. The highest BCUT2D eigenvalue weighted by molar-refractivity contribution is 6.57. The van der Waals surface area contributed by atoms with Gasteiger partial charge in [0.1, 0.15) is 0 Å². The van der Waals surface area contributed by atoms with Crippen LogP contribution in [0.2, 0.25) is 10.0 Å². The maximum atomic E-state index is 11.9. The molecule has 1 aromatic rings. The Labute approximate surface area is 119 Å². The standard InChI is InChI=1S/C12H8Cl3NO2/c1-6(4-13)5-16-10-8(15)3-2-7(14)9(10)11(17)12(16)18/h2-4H,5H2,1H3/b6-4-. The van der Waals surface area contributed by atoms with E-state index in [1.165, 1.54) is 16.5 Å². The smallest absolute Gasteiger partial charge is 0.299 e. The third-order valence-electron chi connectivity index (χ3n) is 2.61. The summed E-state index contributed by atoms with van der Waals surface area (Å²) in [5, 5.41) is 0.540. The number of carbonyl (C=O) groups excluding carboxylic acids is 2. The number of fused-ring (bicyclic) bond motifs is 1. The van der Waals surface area contributed by atoms with Crippen molar-refractivity contribution < 1.29 is 9.59 Å². The molecule has 0 spiro atoms. The summed E-state index contributed by atoms with van der Waals surface area (Å²) in [6, 6.07) is 3.06. The van der Waals surface area contributed by atoms with E-state index in [9.17, 15) is 9.59 Å². The lowest BCUT2D eigenvalue weighted by Crippen LogP contribution is -2.31. The van der Waals surface area contributed by atoms with Gasteiger partial charge >= 0.3 is 0 Å². The molecule has 0 fully saturated rings. The summed E-state index contributed by atoms with van der Waals surface area (Å²) in [4.78, 5) is 25.1. The van der Waals surface area contributed by atoms with Crippen molar-refractivity contribution in [1.82, 2.24) is 0 Å². The zero-order valence-electron chi connectivity index (χ0n) is 9.34. The highest BCUT2D eigenvalue weighted by Gasteiger charge is 2.39. The van der Waals surface area contributed by atoms with Crippen LogP contribution in [0.25, 0.3) is 0 Å². The number of ketones is 1. The molecule has 2 rings (SSSR count). The minimum Gasteiger partial charge on any atom is -0.299 e. The van der Waals surface area contributed by atoms with Crippen LogP contribution in [-0.4, -0.2) is 18.2 Å². The normalized spacial score (nSPS) is 15.3. The van der Waals surface area contributed by atoms with Gasteiger partial charge in [-0.1, -0.05) is 34.8 Å². The molecule has 1 amide bonds. The Hall–Kier alpha value is -1.03. The predicted molar refractivity (Wildman–Crippen MR) is 72.8 cm³/mol. The average Bonchev–Trinajstić information content (AvgIpc) is 2.60. The number of amides is 1. The summed E-state index contributed by atoms with van der Waals surface area (Å²) in [6.45, 7) is 1.96. The van der Waals surface area contributed by atoms with E-state index in [1.807, 2.05) is 0 Å². The van der Waals surface area contributed by atoms with Crippen LogP contribution < -0.4 is 4.90 Å². The van der Waals surface area contributed by atoms with E-state index in [1.54, 1.807) is 13.0 Å². The Bertz CT molecular complexity index is 581. The lowest BCUT2D eigenvalue weighted by Gasteiger charge is -2.17. The first-order valence-corrected chi connectivity index (χ1v) is 6.26. The molecular formula is C12H8Cl3NO2. The largest absolute Gasteiger partial charge is 0.299 e. The van der Waals surface area contributed by atoms with E-state index in [-0.39, 0.29) is 17.1 Å². The van der Waals surface area contributed by atoms with Crippen molar-refractivity contribution in [2.45, 2.75) is 6.92 Å². The van der Waals surface area contributed by atoms with Crippen LogP contribution >= 0.6 is 34.8 Å². The summed E-state index contributed by atoms with van der Waals surface area (Å²) in [5.74, 6) is -1.28. The Morgan fingerprint density at radius 2 is 1.89 bits per heavy atom. The topological polar surface area (TPSA) is 37.4 Å². The second-order valence-electron chi connectivity index (χ2n) is 3.93. The Morgan fingerprint density at radius 1 is 1.28 bits per heavy atom. The van der Waals surface area contributed by atoms with Gasteiger partial charge in [-0.2, -0.15) is 0 Å². The first kappa shape index (κ1) is 13.4. The zero-order valence-corrected chi connectivity index (χ0v) is 11.6. The van der Waals surface area contributed by atoms with Gasteiger partial charge in [-0.25, -0.2) is 0 Å². The van der Waals surface area contributed by atoms with Gasteiger partial charge < -0.3 is 0 Å². The Morgan fingerprint density at radius 3 is 2.50 bits per heavy atom. The highest BCUT2D eigenvalue weighted by Crippen LogP contribution is 2.40. The fraction of sp³-hybridized carbons (Fsp3) is 0.167. The number of Topliss-reactive ketones (excluding diaryl/α,β-unsaturated/α-hetero) is 1. The minimum absolute atomic E-state index is 0.163. The van der Waals surface area contributed by atoms with E-state index in [4.69, 9.17) is 34.8 Å². The Kier molecular flexibility index (Phi) is 3.66. The van der Waals surface area contributed by atoms with E-state index < -0.39 is 11.7 Å². The summed E-state index contributed by atoms with van der Waals surface area (Å²) < 4.78 is 0. The van der Waals surface area contributed by atoms with Crippen molar-refractivity contribution in [1.29, 1.82) is 0 Å². The second-order valence-corrected chi connectivity index (χ2v) is 4.96. The monoisotopic (exact) mass is 303 g/mol. The van der Waals surface area contributed by atoms with Gasteiger partial charge in [0.25, 0.3) is 11.7 Å². The molecule has 18 heavy (non-hydrogen) atoms. The molecule has 1 aliphatic heterocycles. The molecule has 0 saturated heterocycles. The molecule has 1 aromatic carbocycles. The molecule has 1 heterocycles. The maximum absolute atomic E-state index is 11.9. The first-order valence-electron chi connectivity index (χ1n) is 5.07. The molecule has 0 N–H and O–H groups in total. The summed E-state index contributed by atoms with van der Waals surface area (Å²) in [5.41, 5.74) is 2.61. The molecule has 94 valence electrons. The molecule has 0 aromatic heterocycles. The Balaban J connectivity index is 2.58. The molecule has 0 atom stereocenters. The lowest BCUT2D eigenvalue weighted by molar-refractivity contribution is -0.114. The third kappa shape index (κ3) is 2.03. The summed E-state index contributed by atoms with van der Waals surface area (Å²) in [6.07, 6.45) is 0. The maximum Gasteiger partial charge on any atom is 0.299 e. The quantitative estimate of drug-likeness (QED) is 0.782. The zero-order chi connectivity index (χ0) is 13.4. The molecule has 0 unspecified atom stereocenters. The van der Waals surface area contributed by atoms with Gasteiger partial charge in [0, 0.05) is 12.1 Å².